The molecular formula is C14H19NO2. The largest absolute Gasteiger partial charge is 0.454 e. The highest BCUT2D eigenvalue weighted by molar-refractivity contribution is 5.44. The van der Waals surface area contributed by atoms with Gasteiger partial charge in [-0.2, -0.15) is 0 Å². The maximum atomic E-state index is 5.37. The Hall–Kier alpha value is -1.22. The third-order valence-electron chi connectivity index (χ3n) is 3.67. The molecule has 0 saturated heterocycles. The van der Waals surface area contributed by atoms with Crippen LogP contribution in [0.3, 0.4) is 0 Å². The normalized spacial score (nSPS) is 18.8. The molecule has 0 atom stereocenters. The van der Waals surface area contributed by atoms with Gasteiger partial charge in [-0.15, -0.1) is 0 Å². The van der Waals surface area contributed by atoms with Crippen LogP contribution in [-0.2, 0) is 6.54 Å². The van der Waals surface area contributed by atoms with Crippen molar-refractivity contribution in [2.24, 2.45) is 5.92 Å². The number of ether oxygens (including phenoxy) is 2. The summed E-state index contributed by atoms with van der Waals surface area (Å²) in [6, 6.07) is 6.17. The Balaban J connectivity index is 1.51. The lowest BCUT2D eigenvalue weighted by molar-refractivity contribution is 0.174. The topological polar surface area (TPSA) is 30.5 Å². The highest BCUT2D eigenvalue weighted by Gasteiger charge is 2.15. The molecule has 92 valence electrons. The van der Waals surface area contributed by atoms with Crippen LogP contribution in [0, 0.1) is 5.92 Å². The van der Waals surface area contributed by atoms with Crippen molar-refractivity contribution in [3.63, 3.8) is 0 Å². The van der Waals surface area contributed by atoms with Crippen LogP contribution in [0.2, 0.25) is 0 Å². The number of benzene rings is 1. The van der Waals surface area contributed by atoms with E-state index in [1.54, 1.807) is 0 Å². The zero-order chi connectivity index (χ0) is 11.5. The van der Waals surface area contributed by atoms with Crippen LogP contribution in [-0.4, -0.2) is 13.3 Å². The molecule has 1 fully saturated rings. The highest BCUT2D eigenvalue weighted by Crippen LogP contribution is 2.32. The molecule has 1 heterocycles. The summed E-state index contributed by atoms with van der Waals surface area (Å²) in [7, 11) is 0. The minimum absolute atomic E-state index is 0.355. The lowest BCUT2D eigenvalue weighted by Gasteiger charge is -2.10. The fraction of sp³-hybridized carbons (Fsp3) is 0.571. The molecule has 3 nitrogen and oxygen atoms in total. The van der Waals surface area contributed by atoms with Gasteiger partial charge in [0.2, 0.25) is 6.79 Å². The fourth-order valence-electron chi connectivity index (χ4n) is 2.69. The van der Waals surface area contributed by atoms with Crippen LogP contribution < -0.4 is 14.8 Å². The Bertz CT molecular complexity index is 386. The number of nitrogens with one attached hydrogen (secondary N) is 1. The molecule has 0 spiro atoms. The van der Waals surface area contributed by atoms with Gasteiger partial charge in [-0.1, -0.05) is 18.9 Å². The van der Waals surface area contributed by atoms with Crippen LogP contribution >= 0.6 is 0 Å². The molecule has 0 aromatic heterocycles. The molecular weight excluding hydrogens is 214 g/mol. The number of fused-ring (bicyclic) bond motifs is 1. The zero-order valence-corrected chi connectivity index (χ0v) is 10.1. The summed E-state index contributed by atoms with van der Waals surface area (Å²) >= 11 is 0. The molecule has 1 N–H and O–H groups in total. The van der Waals surface area contributed by atoms with Gasteiger partial charge < -0.3 is 14.8 Å². The molecule has 2 aliphatic rings. The van der Waals surface area contributed by atoms with Crippen LogP contribution in [0.1, 0.15) is 31.2 Å². The zero-order valence-electron chi connectivity index (χ0n) is 10.1. The van der Waals surface area contributed by atoms with Gasteiger partial charge in [0.25, 0.3) is 0 Å². The van der Waals surface area contributed by atoms with Gasteiger partial charge in [0.05, 0.1) is 0 Å². The molecule has 1 aliphatic heterocycles. The summed E-state index contributed by atoms with van der Waals surface area (Å²) in [6.45, 7) is 2.43. The minimum atomic E-state index is 0.355. The molecule has 3 heteroatoms. The van der Waals surface area contributed by atoms with E-state index >= 15 is 0 Å². The summed E-state index contributed by atoms with van der Waals surface area (Å²) in [4.78, 5) is 0. The average Bonchev–Trinajstić information content (AvgIpc) is 2.98. The first-order valence-electron chi connectivity index (χ1n) is 6.51. The molecule has 0 unspecified atom stereocenters. The molecule has 0 bridgehead atoms. The predicted octanol–water partition coefficient (Wildman–Crippen LogP) is 2.70. The van der Waals surface area contributed by atoms with Crippen molar-refractivity contribution in [2.75, 3.05) is 13.3 Å². The van der Waals surface area contributed by atoms with Crippen LogP contribution in [0.15, 0.2) is 18.2 Å². The van der Waals surface area contributed by atoms with Gasteiger partial charge in [-0.25, -0.2) is 0 Å². The minimum Gasteiger partial charge on any atom is -0.454 e. The summed E-state index contributed by atoms with van der Waals surface area (Å²) in [5, 5.41) is 3.54. The van der Waals surface area contributed by atoms with Gasteiger partial charge in [0, 0.05) is 6.54 Å². The first-order chi connectivity index (χ1) is 8.42. The predicted molar refractivity (Wildman–Crippen MR) is 66.2 cm³/mol. The van der Waals surface area contributed by atoms with Crippen LogP contribution in [0.25, 0.3) is 0 Å². The summed E-state index contributed by atoms with van der Waals surface area (Å²) in [5.74, 6) is 2.64. The lowest BCUT2D eigenvalue weighted by atomic mass is 10.1. The van der Waals surface area contributed by atoms with E-state index in [1.807, 2.05) is 6.07 Å². The third kappa shape index (κ3) is 2.55. The van der Waals surface area contributed by atoms with E-state index in [9.17, 15) is 0 Å². The lowest BCUT2D eigenvalue weighted by Crippen LogP contribution is -2.20. The smallest absolute Gasteiger partial charge is 0.231 e. The van der Waals surface area contributed by atoms with E-state index in [4.69, 9.17) is 9.47 Å². The molecule has 0 amide bonds. The van der Waals surface area contributed by atoms with Gasteiger partial charge in [0.1, 0.15) is 0 Å². The summed E-state index contributed by atoms with van der Waals surface area (Å²) < 4.78 is 10.7. The van der Waals surface area contributed by atoms with Crippen molar-refractivity contribution in [2.45, 2.75) is 32.2 Å². The molecule has 1 aliphatic carbocycles. The Morgan fingerprint density at radius 3 is 2.82 bits per heavy atom. The highest BCUT2D eigenvalue weighted by atomic mass is 16.7. The molecule has 3 rings (SSSR count). The molecule has 17 heavy (non-hydrogen) atoms. The van der Waals surface area contributed by atoms with Crippen molar-refractivity contribution >= 4 is 0 Å². The van der Waals surface area contributed by atoms with Crippen LogP contribution in [0.5, 0.6) is 11.5 Å². The van der Waals surface area contributed by atoms with Gasteiger partial charge >= 0.3 is 0 Å². The molecule has 0 radical (unpaired) electrons. The Morgan fingerprint density at radius 2 is 1.94 bits per heavy atom. The molecule has 1 aromatic rings. The Morgan fingerprint density at radius 1 is 1.12 bits per heavy atom. The SMILES string of the molecule is c1cc2c(cc1CNCC1CCCC1)OCO2. The first-order valence-corrected chi connectivity index (χ1v) is 6.51. The molecule has 1 saturated carbocycles. The van der Waals surface area contributed by atoms with E-state index in [-0.39, 0.29) is 0 Å². The Labute approximate surface area is 102 Å². The summed E-state index contributed by atoms with van der Waals surface area (Å²) in [6.07, 6.45) is 5.62. The van der Waals surface area contributed by atoms with E-state index in [1.165, 1.54) is 31.2 Å². The fourth-order valence-corrected chi connectivity index (χ4v) is 2.69. The standard InChI is InChI=1S/C14H19NO2/c1-2-4-11(3-1)8-15-9-12-5-6-13-14(7-12)17-10-16-13/h5-7,11,15H,1-4,8-10H2. The van der Waals surface area contributed by atoms with Crippen molar-refractivity contribution in [1.29, 1.82) is 0 Å². The maximum Gasteiger partial charge on any atom is 0.231 e. The molecule has 1 aromatic carbocycles. The quantitative estimate of drug-likeness (QED) is 0.867. The third-order valence-corrected chi connectivity index (χ3v) is 3.67. The number of hydrogen-bond acceptors (Lipinski definition) is 3. The van der Waals surface area contributed by atoms with E-state index in [0.29, 0.717) is 6.79 Å². The van der Waals surface area contributed by atoms with Crippen molar-refractivity contribution in [1.82, 2.24) is 5.32 Å². The monoisotopic (exact) mass is 233 g/mol. The Kier molecular flexibility index (Phi) is 3.18. The van der Waals surface area contributed by atoms with Crippen LogP contribution in [0.4, 0.5) is 0 Å². The second kappa shape index (κ2) is 4.96. The van der Waals surface area contributed by atoms with E-state index in [0.717, 1.165) is 30.5 Å². The average molecular weight is 233 g/mol. The van der Waals surface area contributed by atoms with Gasteiger partial charge in [-0.05, 0) is 43.0 Å². The second-order valence-electron chi connectivity index (χ2n) is 4.97. The first kappa shape index (κ1) is 10.9. The van der Waals surface area contributed by atoms with Crippen molar-refractivity contribution < 1.29 is 9.47 Å². The van der Waals surface area contributed by atoms with Gasteiger partial charge in [-0.3, -0.25) is 0 Å². The van der Waals surface area contributed by atoms with E-state index < -0.39 is 0 Å². The maximum absolute atomic E-state index is 5.37. The summed E-state index contributed by atoms with van der Waals surface area (Å²) in [5.41, 5.74) is 1.27. The van der Waals surface area contributed by atoms with E-state index in [2.05, 4.69) is 17.4 Å². The van der Waals surface area contributed by atoms with Gasteiger partial charge in [0.15, 0.2) is 11.5 Å². The van der Waals surface area contributed by atoms with Crippen molar-refractivity contribution in [3.8, 4) is 11.5 Å². The van der Waals surface area contributed by atoms with Crippen molar-refractivity contribution in [3.05, 3.63) is 23.8 Å². The number of rotatable bonds is 4. The number of hydrogen-bond donors (Lipinski definition) is 1. The second-order valence-corrected chi connectivity index (χ2v) is 4.97.